The number of ether oxygens (including phenoxy) is 1. The van der Waals surface area contributed by atoms with Crippen LogP contribution < -0.4 is 4.74 Å². The molecule has 0 amide bonds. The quantitative estimate of drug-likeness (QED) is 0.727. The lowest BCUT2D eigenvalue weighted by molar-refractivity contribution is 0.245. The van der Waals surface area contributed by atoms with Crippen LogP contribution in [0, 0.1) is 0 Å². The van der Waals surface area contributed by atoms with Crippen molar-refractivity contribution in [1.82, 2.24) is 9.97 Å². The standard InChI is InChI=1S/C19H22N2O/c1-4-15(14-8-6-5-7-9-14)16-12-21-19-18(16)17(10-11-20-19)22-13(2)3/h5-13,15H,4H2,1-3H3,(H,20,21). The van der Waals surface area contributed by atoms with E-state index in [9.17, 15) is 0 Å². The number of aromatic amines is 1. The van der Waals surface area contributed by atoms with Crippen molar-refractivity contribution in [2.24, 2.45) is 0 Å². The van der Waals surface area contributed by atoms with Gasteiger partial charge in [0, 0.05) is 18.3 Å². The van der Waals surface area contributed by atoms with Crippen molar-refractivity contribution >= 4 is 11.0 Å². The molecule has 1 aromatic carbocycles. The monoisotopic (exact) mass is 294 g/mol. The SMILES string of the molecule is CCC(c1ccccc1)c1c[nH]c2nccc(OC(C)C)c12. The minimum absolute atomic E-state index is 0.144. The largest absolute Gasteiger partial charge is 0.490 e. The fraction of sp³-hybridized carbons (Fsp3) is 0.316. The Morgan fingerprint density at radius 2 is 1.91 bits per heavy atom. The maximum atomic E-state index is 6.00. The Morgan fingerprint density at radius 1 is 1.14 bits per heavy atom. The van der Waals surface area contributed by atoms with E-state index < -0.39 is 0 Å². The van der Waals surface area contributed by atoms with E-state index in [0.29, 0.717) is 5.92 Å². The van der Waals surface area contributed by atoms with Crippen molar-refractivity contribution in [2.75, 3.05) is 0 Å². The minimum Gasteiger partial charge on any atom is -0.490 e. The van der Waals surface area contributed by atoms with Gasteiger partial charge in [0.25, 0.3) is 0 Å². The van der Waals surface area contributed by atoms with Gasteiger partial charge in [0.2, 0.25) is 0 Å². The fourth-order valence-corrected chi connectivity index (χ4v) is 3.00. The van der Waals surface area contributed by atoms with E-state index in [4.69, 9.17) is 4.74 Å². The van der Waals surface area contributed by atoms with Gasteiger partial charge in [-0.15, -0.1) is 0 Å². The molecule has 2 aromatic heterocycles. The van der Waals surface area contributed by atoms with Crippen LogP contribution >= 0.6 is 0 Å². The molecule has 0 aliphatic rings. The third-order valence-corrected chi connectivity index (χ3v) is 3.91. The van der Waals surface area contributed by atoms with Gasteiger partial charge in [0.15, 0.2) is 0 Å². The van der Waals surface area contributed by atoms with Crippen molar-refractivity contribution < 1.29 is 4.74 Å². The topological polar surface area (TPSA) is 37.9 Å². The molecule has 0 aliphatic carbocycles. The number of aromatic nitrogens is 2. The van der Waals surface area contributed by atoms with Crippen LogP contribution in [0.4, 0.5) is 0 Å². The lowest BCUT2D eigenvalue weighted by Crippen LogP contribution is -2.07. The molecule has 0 bridgehead atoms. The summed E-state index contributed by atoms with van der Waals surface area (Å²) in [6.07, 6.45) is 5.05. The Kier molecular flexibility index (Phi) is 4.14. The molecule has 0 spiro atoms. The smallest absolute Gasteiger partial charge is 0.141 e. The Hall–Kier alpha value is -2.29. The van der Waals surface area contributed by atoms with E-state index >= 15 is 0 Å². The Bertz CT molecular complexity index is 746. The number of benzene rings is 1. The first-order valence-corrected chi connectivity index (χ1v) is 7.88. The summed E-state index contributed by atoms with van der Waals surface area (Å²) in [5, 5.41) is 1.10. The number of fused-ring (bicyclic) bond motifs is 1. The van der Waals surface area contributed by atoms with Crippen LogP contribution in [0.25, 0.3) is 11.0 Å². The number of hydrogen-bond acceptors (Lipinski definition) is 2. The highest BCUT2D eigenvalue weighted by atomic mass is 16.5. The minimum atomic E-state index is 0.144. The van der Waals surface area contributed by atoms with E-state index in [1.165, 1.54) is 11.1 Å². The first-order chi connectivity index (χ1) is 10.7. The molecule has 1 unspecified atom stereocenters. The number of nitrogens with zero attached hydrogens (tertiary/aromatic N) is 1. The molecule has 0 fully saturated rings. The summed E-state index contributed by atoms with van der Waals surface area (Å²) in [6.45, 7) is 6.32. The molecule has 1 N–H and O–H groups in total. The lowest BCUT2D eigenvalue weighted by Gasteiger charge is -2.17. The zero-order valence-corrected chi connectivity index (χ0v) is 13.3. The number of H-pyrrole nitrogens is 1. The van der Waals surface area contributed by atoms with Crippen LogP contribution in [0.3, 0.4) is 0 Å². The first kappa shape index (κ1) is 14.6. The molecule has 0 saturated carbocycles. The van der Waals surface area contributed by atoms with Crippen LogP contribution in [-0.2, 0) is 0 Å². The van der Waals surface area contributed by atoms with Crippen LogP contribution in [-0.4, -0.2) is 16.1 Å². The second-order valence-electron chi connectivity index (χ2n) is 5.81. The lowest BCUT2D eigenvalue weighted by atomic mass is 9.89. The fourth-order valence-electron chi connectivity index (χ4n) is 3.00. The highest BCUT2D eigenvalue weighted by molar-refractivity contribution is 5.87. The van der Waals surface area contributed by atoms with Crippen LogP contribution in [0.2, 0.25) is 0 Å². The summed E-state index contributed by atoms with van der Waals surface area (Å²) in [7, 11) is 0. The van der Waals surface area contributed by atoms with Crippen molar-refractivity contribution in [3.63, 3.8) is 0 Å². The molecule has 0 saturated heterocycles. The third-order valence-electron chi connectivity index (χ3n) is 3.91. The summed E-state index contributed by atoms with van der Waals surface area (Å²) in [5.41, 5.74) is 3.47. The van der Waals surface area contributed by atoms with Gasteiger partial charge in [-0.05, 0) is 37.5 Å². The van der Waals surface area contributed by atoms with Crippen molar-refractivity contribution in [3.05, 3.63) is 59.9 Å². The molecule has 22 heavy (non-hydrogen) atoms. The molecule has 3 rings (SSSR count). The van der Waals surface area contributed by atoms with E-state index in [1.54, 1.807) is 6.20 Å². The van der Waals surface area contributed by atoms with E-state index in [0.717, 1.165) is 23.2 Å². The third kappa shape index (κ3) is 2.71. The Labute approximate surface area is 131 Å². The van der Waals surface area contributed by atoms with Gasteiger partial charge in [0.05, 0.1) is 11.5 Å². The van der Waals surface area contributed by atoms with Gasteiger partial charge >= 0.3 is 0 Å². The zero-order valence-electron chi connectivity index (χ0n) is 13.3. The van der Waals surface area contributed by atoms with Crippen molar-refractivity contribution in [3.8, 4) is 5.75 Å². The maximum absolute atomic E-state index is 6.00. The van der Waals surface area contributed by atoms with Crippen LogP contribution in [0.5, 0.6) is 5.75 Å². The summed E-state index contributed by atoms with van der Waals surface area (Å²) >= 11 is 0. The molecule has 1 atom stereocenters. The Balaban J connectivity index is 2.13. The van der Waals surface area contributed by atoms with Crippen molar-refractivity contribution in [1.29, 1.82) is 0 Å². The number of pyridine rings is 1. The maximum Gasteiger partial charge on any atom is 0.141 e. The molecular formula is C19H22N2O. The molecule has 3 aromatic rings. The van der Waals surface area contributed by atoms with E-state index in [-0.39, 0.29) is 6.10 Å². The van der Waals surface area contributed by atoms with Gasteiger partial charge in [-0.2, -0.15) is 0 Å². The summed E-state index contributed by atoms with van der Waals surface area (Å²) < 4.78 is 6.00. The molecule has 3 nitrogen and oxygen atoms in total. The van der Waals surface area contributed by atoms with Crippen molar-refractivity contribution in [2.45, 2.75) is 39.2 Å². The second kappa shape index (κ2) is 6.22. The summed E-state index contributed by atoms with van der Waals surface area (Å²) in [5.74, 6) is 1.25. The summed E-state index contributed by atoms with van der Waals surface area (Å²) in [4.78, 5) is 7.74. The molecular weight excluding hydrogens is 272 g/mol. The molecule has 0 radical (unpaired) electrons. The first-order valence-electron chi connectivity index (χ1n) is 7.88. The highest BCUT2D eigenvalue weighted by Gasteiger charge is 2.19. The second-order valence-corrected chi connectivity index (χ2v) is 5.81. The van der Waals surface area contributed by atoms with Gasteiger partial charge in [-0.25, -0.2) is 4.98 Å². The predicted molar refractivity (Wildman–Crippen MR) is 90.4 cm³/mol. The Morgan fingerprint density at radius 3 is 2.59 bits per heavy atom. The number of hydrogen-bond donors (Lipinski definition) is 1. The summed E-state index contributed by atoms with van der Waals surface area (Å²) in [6, 6.07) is 12.6. The van der Waals surface area contributed by atoms with E-state index in [1.807, 2.05) is 19.9 Å². The molecule has 3 heteroatoms. The average Bonchev–Trinajstić information content (AvgIpc) is 2.94. The number of nitrogens with one attached hydrogen (secondary N) is 1. The highest BCUT2D eigenvalue weighted by Crippen LogP contribution is 2.37. The van der Waals surface area contributed by atoms with Gasteiger partial charge in [-0.3, -0.25) is 0 Å². The van der Waals surface area contributed by atoms with Crippen LogP contribution in [0.15, 0.2) is 48.8 Å². The van der Waals surface area contributed by atoms with Gasteiger partial charge in [0.1, 0.15) is 11.4 Å². The zero-order chi connectivity index (χ0) is 15.5. The number of rotatable bonds is 5. The molecule has 114 valence electrons. The van der Waals surface area contributed by atoms with E-state index in [2.05, 4.69) is 53.4 Å². The molecule has 0 aliphatic heterocycles. The predicted octanol–water partition coefficient (Wildman–Crippen LogP) is 4.89. The molecule has 2 heterocycles. The van der Waals surface area contributed by atoms with Crippen LogP contribution in [0.1, 0.15) is 44.2 Å². The van der Waals surface area contributed by atoms with Gasteiger partial charge in [-0.1, -0.05) is 37.3 Å². The normalized spacial score (nSPS) is 12.7. The van der Waals surface area contributed by atoms with Gasteiger partial charge < -0.3 is 9.72 Å². The average molecular weight is 294 g/mol.